The van der Waals surface area contributed by atoms with Gasteiger partial charge < -0.3 is 5.32 Å². The molecule has 0 saturated heterocycles. The van der Waals surface area contributed by atoms with E-state index in [4.69, 9.17) is 0 Å². The first kappa shape index (κ1) is 12.3. The molecule has 1 amide bonds. The van der Waals surface area contributed by atoms with Gasteiger partial charge in [-0.3, -0.25) is 14.2 Å². The molecule has 6 nitrogen and oxygen atoms in total. The van der Waals surface area contributed by atoms with Crippen molar-refractivity contribution in [2.75, 3.05) is 5.32 Å². The fourth-order valence-corrected chi connectivity index (χ4v) is 1.64. The Morgan fingerprint density at radius 3 is 2.67 bits per heavy atom. The fourth-order valence-electron chi connectivity index (χ4n) is 1.64. The normalized spacial score (nSPS) is 10.6. The molecule has 0 aromatic carbocycles. The number of aromatic nitrogens is 4. The zero-order valence-corrected chi connectivity index (χ0v) is 10.8. The average molecular weight is 247 g/mol. The second-order valence-corrected chi connectivity index (χ2v) is 4.35. The predicted molar refractivity (Wildman–Crippen MR) is 68.2 cm³/mol. The van der Waals surface area contributed by atoms with Gasteiger partial charge in [0.15, 0.2) is 0 Å². The number of rotatable bonds is 4. The molecule has 0 radical (unpaired) electrons. The van der Waals surface area contributed by atoms with Crippen molar-refractivity contribution in [3.63, 3.8) is 0 Å². The first-order valence-electron chi connectivity index (χ1n) is 5.84. The maximum atomic E-state index is 11.8. The first-order valence-corrected chi connectivity index (χ1v) is 5.84. The third-order valence-corrected chi connectivity index (χ3v) is 2.84. The lowest BCUT2D eigenvalue weighted by Crippen LogP contribution is -2.15. The lowest BCUT2D eigenvalue weighted by Gasteiger charge is -2.04. The van der Waals surface area contributed by atoms with Gasteiger partial charge in [-0.2, -0.15) is 10.2 Å². The molecule has 6 heteroatoms. The van der Waals surface area contributed by atoms with Crippen LogP contribution in [0.5, 0.6) is 0 Å². The van der Waals surface area contributed by atoms with E-state index < -0.39 is 0 Å². The lowest BCUT2D eigenvalue weighted by molar-refractivity contribution is -0.116. The number of aryl methyl sites for hydroxylation is 3. The zero-order valence-electron chi connectivity index (χ0n) is 10.8. The van der Waals surface area contributed by atoms with Gasteiger partial charge in [-0.1, -0.05) is 0 Å². The number of nitrogens with one attached hydrogen (secondary N) is 1. The van der Waals surface area contributed by atoms with Crippen LogP contribution in [0.4, 0.5) is 5.69 Å². The number of anilines is 1. The van der Waals surface area contributed by atoms with Gasteiger partial charge in [0.1, 0.15) is 0 Å². The molecule has 2 heterocycles. The van der Waals surface area contributed by atoms with Gasteiger partial charge in [0.05, 0.1) is 23.8 Å². The number of hydrogen-bond acceptors (Lipinski definition) is 3. The van der Waals surface area contributed by atoms with Crippen LogP contribution < -0.4 is 5.32 Å². The summed E-state index contributed by atoms with van der Waals surface area (Å²) in [5, 5.41) is 11.1. The average Bonchev–Trinajstić information content (AvgIpc) is 2.88. The molecule has 0 bridgehead atoms. The molecule has 0 fully saturated rings. The summed E-state index contributed by atoms with van der Waals surface area (Å²) in [6.45, 7) is 4.47. The van der Waals surface area contributed by atoms with Crippen molar-refractivity contribution in [3.8, 4) is 0 Å². The highest BCUT2D eigenvalue weighted by Crippen LogP contribution is 2.12. The van der Waals surface area contributed by atoms with Crippen molar-refractivity contribution < 1.29 is 4.79 Å². The second-order valence-electron chi connectivity index (χ2n) is 4.35. The second kappa shape index (κ2) is 5.03. The molecule has 1 N–H and O–H groups in total. The molecule has 96 valence electrons. The summed E-state index contributed by atoms with van der Waals surface area (Å²) in [5.41, 5.74) is 2.80. The molecule has 2 aromatic heterocycles. The highest BCUT2D eigenvalue weighted by Gasteiger charge is 2.08. The van der Waals surface area contributed by atoms with E-state index >= 15 is 0 Å². The van der Waals surface area contributed by atoms with Crippen LogP contribution in [0.2, 0.25) is 0 Å². The Hall–Kier alpha value is -2.11. The standard InChI is InChI=1S/C12H17N5O/c1-9-6-14-17(8-9)5-4-12(18)15-11-7-13-16(3)10(11)2/h6-8H,4-5H2,1-3H3,(H,15,18). The maximum absolute atomic E-state index is 11.8. The Bertz CT molecular complexity index is 555. The van der Waals surface area contributed by atoms with Gasteiger partial charge in [-0.25, -0.2) is 0 Å². The fraction of sp³-hybridized carbons (Fsp3) is 0.417. The number of amides is 1. The van der Waals surface area contributed by atoms with Crippen LogP contribution in [0.25, 0.3) is 0 Å². The monoisotopic (exact) mass is 247 g/mol. The number of hydrogen-bond donors (Lipinski definition) is 1. The van der Waals surface area contributed by atoms with Crippen molar-refractivity contribution in [2.45, 2.75) is 26.8 Å². The Kier molecular flexibility index (Phi) is 3.45. The zero-order chi connectivity index (χ0) is 13.1. The van der Waals surface area contributed by atoms with Gasteiger partial charge >= 0.3 is 0 Å². The molecule has 0 atom stereocenters. The summed E-state index contributed by atoms with van der Waals surface area (Å²) in [6.07, 6.45) is 5.76. The molecule has 0 spiro atoms. The largest absolute Gasteiger partial charge is 0.323 e. The van der Waals surface area contributed by atoms with Gasteiger partial charge in [-0.05, 0) is 19.4 Å². The highest BCUT2D eigenvalue weighted by atomic mass is 16.1. The molecule has 0 saturated carbocycles. The maximum Gasteiger partial charge on any atom is 0.226 e. The van der Waals surface area contributed by atoms with Gasteiger partial charge in [-0.15, -0.1) is 0 Å². The van der Waals surface area contributed by atoms with Crippen molar-refractivity contribution >= 4 is 11.6 Å². The summed E-state index contributed by atoms with van der Waals surface area (Å²) in [4.78, 5) is 11.8. The Morgan fingerprint density at radius 2 is 2.11 bits per heavy atom. The summed E-state index contributed by atoms with van der Waals surface area (Å²) in [5.74, 6) is -0.0285. The molecule has 0 unspecified atom stereocenters. The Morgan fingerprint density at radius 1 is 1.33 bits per heavy atom. The topological polar surface area (TPSA) is 64.7 Å². The minimum Gasteiger partial charge on any atom is -0.323 e. The first-order chi connectivity index (χ1) is 8.56. The van der Waals surface area contributed by atoms with Crippen LogP contribution in [0.1, 0.15) is 17.7 Å². The number of nitrogens with zero attached hydrogens (tertiary/aromatic N) is 4. The van der Waals surface area contributed by atoms with Crippen LogP contribution in [0, 0.1) is 13.8 Å². The predicted octanol–water partition coefficient (Wildman–Crippen LogP) is 1.26. The third kappa shape index (κ3) is 2.77. The SMILES string of the molecule is Cc1cnn(CCC(=O)Nc2cnn(C)c2C)c1. The van der Waals surface area contributed by atoms with Crippen LogP contribution in [-0.2, 0) is 18.4 Å². The molecule has 2 rings (SSSR count). The van der Waals surface area contributed by atoms with E-state index in [1.54, 1.807) is 21.8 Å². The molecule has 0 aliphatic rings. The highest BCUT2D eigenvalue weighted by molar-refractivity contribution is 5.91. The smallest absolute Gasteiger partial charge is 0.226 e. The summed E-state index contributed by atoms with van der Waals surface area (Å²) < 4.78 is 3.50. The van der Waals surface area contributed by atoms with Crippen LogP contribution in [0.3, 0.4) is 0 Å². The molecule has 18 heavy (non-hydrogen) atoms. The molecular weight excluding hydrogens is 230 g/mol. The summed E-state index contributed by atoms with van der Waals surface area (Å²) >= 11 is 0. The van der Waals surface area contributed by atoms with E-state index in [9.17, 15) is 4.79 Å². The third-order valence-electron chi connectivity index (χ3n) is 2.84. The Balaban J connectivity index is 1.87. The van der Waals surface area contributed by atoms with E-state index in [0.717, 1.165) is 16.9 Å². The van der Waals surface area contributed by atoms with Crippen molar-refractivity contribution in [2.24, 2.45) is 7.05 Å². The minimum absolute atomic E-state index is 0.0285. The Labute approximate surface area is 106 Å². The summed E-state index contributed by atoms with van der Waals surface area (Å²) in [7, 11) is 1.84. The van der Waals surface area contributed by atoms with Crippen molar-refractivity contribution in [1.29, 1.82) is 0 Å². The van der Waals surface area contributed by atoms with Gasteiger partial charge in [0.2, 0.25) is 5.91 Å². The molecule has 0 aliphatic heterocycles. The van der Waals surface area contributed by atoms with Gasteiger partial charge in [0, 0.05) is 26.2 Å². The minimum atomic E-state index is -0.0285. The van der Waals surface area contributed by atoms with Crippen molar-refractivity contribution in [1.82, 2.24) is 19.6 Å². The molecule has 0 aliphatic carbocycles. The summed E-state index contributed by atoms with van der Waals surface area (Å²) in [6, 6.07) is 0. The van der Waals surface area contributed by atoms with Crippen LogP contribution >= 0.6 is 0 Å². The van der Waals surface area contributed by atoms with Crippen molar-refractivity contribution in [3.05, 3.63) is 29.8 Å². The quantitative estimate of drug-likeness (QED) is 0.884. The van der Waals surface area contributed by atoms with E-state index in [1.165, 1.54) is 0 Å². The lowest BCUT2D eigenvalue weighted by atomic mass is 10.3. The molecule has 2 aromatic rings. The van der Waals surface area contributed by atoms with E-state index in [2.05, 4.69) is 15.5 Å². The number of carbonyl (C=O) groups is 1. The van der Waals surface area contributed by atoms with Crippen LogP contribution in [-0.4, -0.2) is 25.5 Å². The molecular formula is C12H17N5O. The van der Waals surface area contributed by atoms with E-state index in [-0.39, 0.29) is 5.91 Å². The van der Waals surface area contributed by atoms with Gasteiger partial charge in [0.25, 0.3) is 0 Å². The van der Waals surface area contributed by atoms with Crippen LogP contribution in [0.15, 0.2) is 18.6 Å². The number of carbonyl (C=O) groups excluding carboxylic acids is 1. The van der Waals surface area contributed by atoms with E-state index in [1.807, 2.05) is 27.1 Å². The van der Waals surface area contributed by atoms with E-state index in [0.29, 0.717) is 13.0 Å².